The van der Waals surface area contributed by atoms with E-state index in [0.29, 0.717) is 5.75 Å². The Labute approximate surface area is 97.7 Å². The molecule has 0 spiro atoms. The SMILES string of the molecule is Cc1ccc(Oc2cc(C(=O)O)ncn2)cc1. The highest BCUT2D eigenvalue weighted by molar-refractivity contribution is 5.85. The molecule has 0 bridgehead atoms. The van der Waals surface area contributed by atoms with E-state index in [1.807, 2.05) is 19.1 Å². The fourth-order valence-electron chi connectivity index (χ4n) is 1.24. The van der Waals surface area contributed by atoms with Crippen LogP contribution in [0.5, 0.6) is 11.6 Å². The van der Waals surface area contributed by atoms with Crippen LogP contribution in [0.1, 0.15) is 16.1 Å². The van der Waals surface area contributed by atoms with E-state index in [0.717, 1.165) is 11.9 Å². The summed E-state index contributed by atoms with van der Waals surface area (Å²) in [6.07, 6.45) is 1.16. The Morgan fingerprint density at radius 3 is 2.59 bits per heavy atom. The number of aryl methyl sites for hydroxylation is 1. The Bertz CT molecular complexity index is 538. The zero-order chi connectivity index (χ0) is 12.3. The van der Waals surface area contributed by atoms with Crippen molar-refractivity contribution in [1.29, 1.82) is 0 Å². The second-order valence-electron chi connectivity index (χ2n) is 3.46. The van der Waals surface area contributed by atoms with E-state index in [-0.39, 0.29) is 11.6 Å². The van der Waals surface area contributed by atoms with Crippen LogP contribution in [0.2, 0.25) is 0 Å². The molecule has 0 fully saturated rings. The summed E-state index contributed by atoms with van der Waals surface area (Å²) in [6.45, 7) is 1.97. The lowest BCUT2D eigenvalue weighted by Crippen LogP contribution is -2.01. The second kappa shape index (κ2) is 4.61. The highest BCUT2D eigenvalue weighted by Crippen LogP contribution is 2.19. The van der Waals surface area contributed by atoms with Crippen molar-refractivity contribution >= 4 is 5.97 Å². The maximum absolute atomic E-state index is 10.7. The van der Waals surface area contributed by atoms with Crippen LogP contribution in [-0.2, 0) is 0 Å². The number of ether oxygens (including phenoxy) is 1. The average molecular weight is 230 g/mol. The summed E-state index contributed by atoms with van der Waals surface area (Å²) in [5.74, 6) is -0.298. The van der Waals surface area contributed by atoms with Crippen molar-refractivity contribution in [3.63, 3.8) is 0 Å². The van der Waals surface area contributed by atoms with Crippen LogP contribution < -0.4 is 4.74 Å². The fraction of sp³-hybridized carbons (Fsp3) is 0.0833. The first-order chi connectivity index (χ1) is 8.15. The van der Waals surface area contributed by atoms with Crippen LogP contribution in [0.4, 0.5) is 0 Å². The summed E-state index contributed by atoms with van der Waals surface area (Å²) >= 11 is 0. The molecule has 5 heteroatoms. The Morgan fingerprint density at radius 2 is 1.94 bits per heavy atom. The standard InChI is InChI=1S/C12H10N2O3/c1-8-2-4-9(5-3-8)17-11-6-10(12(15)16)13-7-14-11/h2-7H,1H3,(H,15,16). The number of nitrogens with zero attached hydrogens (tertiary/aromatic N) is 2. The molecule has 0 aliphatic heterocycles. The Morgan fingerprint density at radius 1 is 1.24 bits per heavy atom. The van der Waals surface area contributed by atoms with Crippen molar-refractivity contribution in [2.24, 2.45) is 0 Å². The summed E-state index contributed by atoms with van der Waals surface area (Å²) in [4.78, 5) is 18.2. The van der Waals surface area contributed by atoms with Crippen LogP contribution >= 0.6 is 0 Å². The highest BCUT2D eigenvalue weighted by atomic mass is 16.5. The lowest BCUT2D eigenvalue weighted by molar-refractivity contribution is 0.0689. The molecule has 2 rings (SSSR count). The first-order valence-corrected chi connectivity index (χ1v) is 4.95. The molecule has 17 heavy (non-hydrogen) atoms. The molecular weight excluding hydrogens is 220 g/mol. The van der Waals surface area contributed by atoms with Gasteiger partial charge >= 0.3 is 5.97 Å². The Hall–Kier alpha value is -2.43. The summed E-state index contributed by atoms with van der Waals surface area (Å²) in [5.41, 5.74) is 1.02. The predicted octanol–water partition coefficient (Wildman–Crippen LogP) is 2.28. The van der Waals surface area contributed by atoms with Gasteiger partial charge in [-0.3, -0.25) is 0 Å². The number of hydrogen-bond acceptors (Lipinski definition) is 4. The van der Waals surface area contributed by atoms with Gasteiger partial charge in [-0.1, -0.05) is 17.7 Å². The Kier molecular flexibility index (Phi) is 3.00. The predicted molar refractivity (Wildman–Crippen MR) is 60.2 cm³/mol. The third-order valence-electron chi connectivity index (χ3n) is 2.10. The largest absolute Gasteiger partial charge is 0.477 e. The molecule has 0 aliphatic rings. The molecular formula is C12H10N2O3. The molecule has 1 aromatic carbocycles. The van der Waals surface area contributed by atoms with Crippen molar-refractivity contribution in [2.75, 3.05) is 0 Å². The molecule has 2 aromatic rings. The van der Waals surface area contributed by atoms with Gasteiger partial charge in [-0.05, 0) is 19.1 Å². The van der Waals surface area contributed by atoms with E-state index in [9.17, 15) is 4.79 Å². The fourth-order valence-corrected chi connectivity index (χ4v) is 1.24. The lowest BCUT2D eigenvalue weighted by atomic mass is 10.2. The smallest absolute Gasteiger partial charge is 0.354 e. The van der Waals surface area contributed by atoms with Crippen molar-refractivity contribution in [2.45, 2.75) is 6.92 Å². The summed E-state index contributed by atoms with van der Waals surface area (Å²) < 4.78 is 5.41. The van der Waals surface area contributed by atoms with Gasteiger partial charge in [0.15, 0.2) is 5.69 Å². The van der Waals surface area contributed by atoms with E-state index in [1.54, 1.807) is 12.1 Å². The highest BCUT2D eigenvalue weighted by Gasteiger charge is 2.07. The molecule has 0 atom stereocenters. The first kappa shape index (κ1) is 11.1. The van der Waals surface area contributed by atoms with Gasteiger partial charge in [-0.2, -0.15) is 0 Å². The van der Waals surface area contributed by atoms with Gasteiger partial charge in [0.25, 0.3) is 0 Å². The van der Waals surface area contributed by atoms with E-state index >= 15 is 0 Å². The molecule has 1 aromatic heterocycles. The van der Waals surface area contributed by atoms with E-state index in [2.05, 4.69) is 9.97 Å². The topological polar surface area (TPSA) is 72.3 Å². The minimum atomic E-state index is -1.11. The monoisotopic (exact) mass is 230 g/mol. The van der Waals surface area contributed by atoms with E-state index in [1.165, 1.54) is 6.07 Å². The summed E-state index contributed by atoms with van der Waals surface area (Å²) in [7, 11) is 0. The number of aromatic nitrogens is 2. The molecule has 0 radical (unpaired) electrons. The third kappa shape index (κ3) is 2.78. The maximum atomic E-state index is 10.7. The lowest BCUT2D eigenvalue weighted by Gasteiger charge is -2.04. The molecule has 86 valence electrons. The van der Waals surface area contributed by atoms with Crippen molar-refractivity contribution < 1.29 is 14.6 Å². The number of rotatable bonds is 3. The Balaban J connectivity index is 2.21. The molecule has 0 amide bonds. The zero-order valence-corrected chi connectivity index (χ0v) is 9.12. The van der Waals surface area contributed by atoms with Crippen LogP contribution in [0.3, 0.4) is 0 Å². The molecule has 0 saturated heterocycles. The van der Waals surface area contributed by atoms with Crippen molar-refractivity contribution in [1.82, 2.24) is 9.97 Å². The number of carboxylic acids is 1. The molecule has 0 saturated carbocycles. The molecule has 1 heterocycles. The minimum absolute atomic E-state index is 0.0953. The summed E-state index contributed by atoms with van der Waals surface area (Å²) in [5, 5.41) is 8.77. The quantitative estimate of drug-likeness (QED) is 0.875. The van der Waals surface area contributed by atoms with Gasteiger partial charge in [0.1, 0.15) is 12.1 Å². The van der Waals surface area contributed by atoms with Crippen LogP contribution in [-0.4, -0.2) is 21.0 Å². The van der Waals surface area contributed by atoms with Crippen LogP contribution in [0.15, 0.2) is 36.7 Å². The second-order valence-corrected chi connectivity index (χ2v) is 3.46. The summed E-state index contributed by atoms with van der Waals surface area (Å²) in [6, 6.07) is 8.65. The van der Waals surface area contributed by atoms with E-state index in [4.69, 9.17) is 9.84 Å². The van der Waals surface area contributed by atoms with Crippen molar-refractivity contribution in [3.05, 3.63) is 47.9 Å². The number of hydrogen-bond donors (Lipinski definition) is 1. The molecule has 1 N–H and O–H groups in total. The number of carboxylic acid groups (broad SMARTS) is 1. The zero-order valence-electron chi connectivity index (χ0n) is 9.12. The van der Waals surface area contributed by atoms with Gasteiger partial charge in [0, 0.05) is 6.07 Å². The number of benzene rings is 1. The van der Waals surface area contributed by atoms with Crippen LogP contribution in [0, 0.1) is 6.92 Å². The van der Waals surface area contributed by atoms with Gasteiger partial charge in [-0.15, -0.1) is 0 Å². The molecule has 0 aliphatic carbocycles. The first-order valence-electron chi connectivity index (χ1n) is 4.95. The number of aromatic carboxylic acids is 1. The number of carbonyl (C=O) groups is 1. The average Bonchev–Trinajstić information content (AvgIpc) is 2.32. The maximum Gasteiger partial charge on any atom is 0.354 e. The van der Waals surface area contributed by atoms with E-state index < -0.39 is 5.97 Å². The third-order valence-corrected chi connectivity index (χ3v) is 2.10. The molecule has 5 nitrogen and oxygen atoms in total. The van der Waals surface area contributed by atoms with Gasteiger partial charge in [-0.25, -0.2) is 14.8 Å². The van der Waals surface area contributed by atoms with Gasteiger partial charge < -0.3 is 9.84 Å². The minimum Gasteiger partial charge on any atom is -0.477 e. The molecule has 0 unspecified atom stereocenters. The van der Waals surface area contributed by atoms with Gasteiger partial charge in [0.2, 0.25) is 5.88 Å². The normalized spacial score (nSPS) is 9.94. The van der Waals surface area contributed by atoms with Crippen molar-refractivity contribution in [3.8, 4) is 11.6 Å². The van der Waals surface area contributed by atoms with Gasteiger partial charge in [0.05, 0.1) is 0 Å². The van der Waals surface area contributed by atoms with Crippen LogP contribution in [0.25, 0.3) is 0 Å².